The highest BCUT2D eigenvalue weighted by molar-refractivity contribution is 6.00. The molecule has 1 heterocycles. The number of nitrogens with two attached hydrogens (primary N) is 1. The van der Waals surface area contributed by atoms with E-state index in [0.717, 1.165) is 67.6 Å². The molecular weight excluding hydrogens is 415 g/mol. The number of piperidine rings is 1. The lowest BCUT2D eigenvalue weighted by atomic mass is 9.72. The van der Waals surface area contributed by atoms with Crippen molar-refractivity contribution in [3.05, 3.63) is 53.1 Å². The van der Waals surface area contributed by atoms with Gasteiger partial charge in [-0.3, -0.25) is 4.79 Å². The smallest absolute Gasteiger partial charge is 0.346 e. The van der Waals surface area contributed by atoms with E-state index in [4.69, 9.17) is 5.73 Å². The Morgan fingerprint density at radius 3 is 2.59 bits per heavy atom. The number of hydrogen-bond donors (Lipinski definition) is 2. The molecule has 1 amide bonds. The van der Waals surface area contributed by atoms with Crippen LogP contribution in [-0.4, -0.2) is 49.2 Å². The summed E-state index contributed by atoms with van der Waals surface area (Å²) in [6.45, 7) is 5.35. The third-order valence-corrected chi connectivity index (χ3v) is 6.73. The lowest BCUT2D eigenvalue weighted by Gasteiger charge is -2.33. The number of likely N-dealkylation sites (tertiary alicyclic amines) is 1. The first-order valence-corrected chi connectivity index (χ1v) is 11.5. The van der Waals surface area contributed by atoms with Gasteiger partial charge in [0.15, 0.2) is 0 Å². The van der Waals surface area contributed by atoms with Crippen LogP contribution in [0.25, 0.3) is 5.57 Å². The SMILES string of the molecule is C/C=C\C1=C(C)c2ccccc2C1(CCCCN1CCC(N)CC1)C(=O)NCC(F)(F)F. The maximum absolute atomic E-state index is 13.4. The van der Waals surface area contributed by atoms with Crippen LogP contribution in [-0.2, 0) is 10.2 Å². The minimum atomic E-state index is -4.45. The van der Waals surface area contributed by atoms with Gasteiger partial charge >= 0.3 is 6.18 Å². The van der Waals surface area contributed by atoms with E-state index < -0.39 is 24.0 Å². The van der Waals surface area contributed by atoms with E-state index in [1.54, 1.807) is 0 Å². The van der Waals surface area contributed by atoms with E-state index in [1.807, 2.05) is 50.3 Å². The maximum atomic E-state index is 13.4. The van der Waals surface area contributed by atoms with E-state index in [9.17, 15) is 18.0 Å². The maximum Gasteiger partial charge on any atom is 0.405 e. The van der Waals surface area contributed by atoms with Gasteiger partial charge in [-0.1, -0.05) is 42.8 Å². The molecule has 7 heteroatoms. The highest BCUT2D eigenvalue weighted by Gasteiger charge is 2.49. The summed E-state index contributed by atoms with van der Waals surface area (Å²) in [5.41, 5.74) is 8.36. The van der Waals surface area contributed by atoms with Gasteiger partial charge in [0.2, 0.25) is 5.91 Å². The van der Waals surface area contributed by atoms with Gasteiger partial charge in [-0.25, -0.2) is 0 Å². The normalized spacial score (nSPS) is 22.6. The van der Waals surface area contributed by atoms with E-state index in [-0.39, 0.29) is 6.04 Å². The monoisotopic (exact) mass is 449 g/mol. The van der Waals surface area contributed by atoms with E-state index in [0.29, 0.717) is 6.42 Å². The van der Waals surface area contributed by atoms with Gasteiger partial charge < -0.3 is 16.0 Å². The van der Waals surface area contributed by atoms with Gasteiger partial charge in [0, 0.05) is 6.04 Å². The minimum absolute atomic E-state index is 0.276. The van der Waals surface area contributed by atoms with Crippen LogP contribution >= 0.6 is 0 Å². The number of nitrogens with one attached hydrogen (secondary N) is 1. The Bertz CT molecular complexity index is 869. The molecule has 3 rings (SSSR count). The van der Waals surface area contributed by atoms with Crippen LogP contribution in [0.1, 0.15) is 57.1 Å². The summed E-state index contributed by atoms with van der Waals surface area (Å²) in [6, 6.07) is 7.87. The lowest BCUT2D eigenvalue weighted by molar-refractivity contribution is -0.141. The van der Waals surface area contributed by atoms with Crippen molar-refractivity contribution in [2.24, 2.45) is 5.73 Å². The number of halogens is 3. The zero-order chi connectivity index (χ0) is 23.4. The number of amides is 1. The van der Waals surface area contributed by atoms with Gasteiger partial charge in [-0.15, -0.1) is 0 Å². The van der Waals surface area contributed by atoms with Crippen molar-refractivity contribution in [2.45, 2.75) is 63.6 Å². The predicted molar refractivity (Wildman–Crippen MR) is 122 cm³/mol. The second-order valence-corrected chi connectivity index (χ2v) is 8.92. The number of carbonyl (C=O) groups is 1. The van der Waals surface area contributed by atoms with Crippen LogP contribution < -0.4 is 11.1 Å². The zero-order valence-corrected chi connectivity index (χ0v) is 19.0. The number of rotatable bonds is 8. The molecule has 0 saturated carbocycles. The number of allylic oxidation sites excluding steroid dienone is 3. The molecule has 176 valence electrons. The average Bonchev–Trinajstić information content (AvgIpc) is 3.00. The first-order chi connectivity index (χ1) is 15.2. The number of carbonyl (C=O) groups excluding carboxylic acids is 1. The fourth-order valence-corrected chi connectivity index (χ4v) is 5.09. The molecule has 0 aromatic heterocycles. The Morgan fingerprint density at radius 2 is 1.94 bits per heavy atom. The fourth-order valence-electron chi connectivity index (χ4n) is 5.09. The van der Waals surface area contributed by atoms with Crippen molar-refractivity contribution in [1.82, 2.24) is 10.2 Å². The first-order valence-electron chi connectivity index (χ1n) is 11.5. The highest BCUT2D eigenvalue weighted by Crippen LogP contribution is 2.50. The highest BCUT2D eigenvalue weighted by atomic mass is 19.4. The van der Waals surface area contributed by atoms with Crippen LogP contribution in [0.4, 0.5) is 13.2 Å². The summed E-state index contributed by atoms with van der Waals surface area (Å²) in [4.78, 5) is 15.8. The average molecular weight is 450 g/mol. The van der Waals surface area contributed by atoms with E-state index >= 15 is 0 Å². The minimum Gasteiger partial charge on any atom is -0.346 e. The van der Waals surface area contributed by atoms with Crippen LogP contribution in [0.2, 0.25) is 0 Å². The molecule has 4 nitrogen and oxygen atoms in total. The molecule has 1 aromatic rings. The Hall–Kier alpha value is -2.12. The Balaban J connectivity index is 1.84. The molecule has 3 N–H and O–H groups in total. The molecule has 1 saturated heterocycles. The number of hydrogen-bond acceptors (Lipinski definition) is 3. The second-order valence-electron chi connectivity index (χ2n) is 8.92. The number of fused-ring (bicyclic) bond motifs is 1. The first kappa shape index (κ1) is 24.5. The Morgan fingerprint density at radius 1 is 1.25 bits per heavy atom. The summed E-state index contributed by atoms with van der Waals surface area (Å²) in [5.74, 6) is -0.573. The number of alkyl halides is 3. The molecule has 1 unspecified atom stereocenters. The molecule has 1 fully saturated rings. The van der Waals surface area contributed by atoms with Crippen LogP contribution in [0, 0.1) is 0 Å². The van der Waals surface area contributed by atoms with Crippen molar-refractivity contribution in [3.8, 4) is 0 Å². The second kappa shape index (κ2) is 10.2. The quantitative estimate of drug-likeness (QED) is 0.572. The summed E-state index contributed by atoms with van der Waals surface area (Å²) in [5, 5.41) is 2.19. The van der Waals surface area contributed by atoms with Gasteiger partial charge in [-0.05, 0) is 81.4 Å². The van der Waals surface area contributed by atoms with Crippen molar-refractivity contribution in [3.63, 3.8) is 0 Å². The molecule has 1 atom stereocenters. The molecule has 2 aliphatic rings. The largest absolute Gasteiger partial charge is 0.405 e. The van der Waals surface area contributed by atoms with Gasteiger partial charge in [-0.2, -0.15) is 13.2 Å². The number of nitrogens with zero attached hydrogens (tertiary/aromatic N) is 1. The summed E-state index contributed by atoms with van der Waals surface area (Å²) >= 11 is 0. The topological polar surface area (TPSA) is 58.4 Å². The standard InChI is InChI=1S/C25H34F3N3O/c1-3-8-21-18(2)20-9-4-5-10-22(20)24(21,23(32)30-17-25(26,27)28)13-6-7-14-31-15-11-19(29)12-16-31/h3-5,8-10,19H,6-7,11-17,29H2,1-2H3,(H,30,32)/b8-3-. The van der Waals surface area contributed by atoms with Crippen molar-refractivity contribution < 1.29 is 18.0 Å². The van der Waals surface area contributed by atoms with Crippen molar-refractivity contribution >= 4 is 11.5 Å². The molecule has 1 aliphatic heterocycles. The fraction of sp³-hybridized carbons (Fsp3) is 0.560. The summed E-state index contributed by atoms with van der Waals surface area (Å²) < 4.78 is 38.8. The number of benzene rings is 1. The van der Waals surface area contributed by atoms with Crippen molar-refractivity contribution in [1.29, 1.82) is 0 Å². The zero-order valence-electron chi connectivity index (χ0n) is 19.0. The van der Waals surface area contributed by atoms with Gasteiger partial charge in [0.05, 0.1) is 5.41 Å². The van der Waals surface area contributed by atoms with Gasteiger partial charge in [0.1, 0.15) is 6.54 Å². The Kier molecular flexibility index (Phi) is 7.83. The third kappa shape index (κ3) is 5.26. The molecule has 0 bridgehead atoms. The summed E-state index contributed by atoms with van der Waals surface area (Å²) in [6.07, 6.45) is 3.36. The van der Waals surface area contributed by atoms with Gasteiger partial charge in [0.25, 0.3) is 0 Å². The van der Waals surface area contributed by atoms with E-state index in [1.165, 1.54) is 0 Å². The lowest BCUT2D eigenvalue weighted by Crippen LogP contribution is -2.47. The third-order valence-electron chi connectivity index (χ3n) is 6.73. The molecule has 1 aliphatic carbocycles. The molecular formula is C25H34F3N3O. The summed E-state index contributed by atoms with van der Waals surface area (Å²) in [7, 11) is 0. The Labute approximate surface area is 188 Å². The molecule has 1 aromatic carbocycles. The number of unbranched alkanes of at least 4 members (excludes halogenated alkanes) is 1. The van der Waals surface area contributed by atoms with Crippen molar-refractivity contribution in [2.75, 3.05) is 26.2 Å². The van der Waals surface area contributed by atoms with Crippen LogP contribution in [0.5, 0.6) is 0 Å². The van der Waals surface area contributed by atoms with E-state index in [2.05, 4.69) is 10.2 Å². The molecule has 0 spiro atoms. The van der Waals surface area contributed by atoms with Crippen LogP contribution in [0.3, 0.4) is 0 Å². The predicted octanol–water partition coefficient (Wildman–Crippen LogP) is 4.56. The molecule has 0 radical (unpaired) electrons. The molecule has 32 heavy (non-hydrogen) atoms. The van der Waals surface area contributed by atoms with Crippen LogP contribution in [0.15, 0.2) is 42.0 Å².